The van der Waals surface area contributed by atoms with Crippen LogP contribution in [-0.2, 0) is 0 Å². The molecule has 4 nitrogen and oxygen atoms in total. The van der Waals surface area contributed by atoms with Gasteiger partial charge in [0, 0.05) is 36.6 Å². The fraction of sp³-hybridized carbons (Fsp3) is 0.692. The van der Waals surface area contributed by atoms with E-state index >= 15 is 0 Å². The molecule has 1 unspecified atom stereocenters. The second kappa shape index (κ2) is 5.45. The van der Waals surface area contributed by atoms with Crippen molar-refractivity contribution >= 4 is 5.95 Å². The molecule has 0 bridgehead atoms. The zero-order chi connectivity index (χ0) is 12.3. The van der Waals surface area contributed by atoms with Gasteiger partial charge in [0.2, 0.25) is 5.95 Å². The Hall–Kier alpha value is -1.16. The highest BCUT2D eigenvalue weighted by Crippen LogP contribution is 2.19. The van der Waals surface area contributed by atoms with Gasteiger partial charge in [0.1, 0.15) is 0 Å². The van der Waals surface area contributed by atoms with Crippen molar-refractivity contribution in [1.29, 1.82) is 0 Å². The fourth-order valence-corrected chi connectivity index (χ4v) is 2.29. The van der Waals surface area contributed by atoms with Crippen LogP contribution in [0.4, 0.5) is 5.95 Å². The molecule has 2 heterocycles. The predicted octanol–water partition coefficient (Wildman–Crippen LogP) is 2.06. The average Bonchev–Trinajstić information content (AvgIpc) is 2.39. The van der Waals surface area contributed by atoms with Crippen LogP contribution in [0, 0.1) is 6.92 Å². The largest absolute Gasteiger partial charge is 0.341 e. The molecule has 1 aromatic rings. The van der Waals surface area contributed by atoms with E-state index in [-0.39, 0.29) is 0 Å². The number of aryl methyl sites for hydroxylation is 1. The molecule has 94 valence electrons. The number of hydrogen-bond donors (Lipinski definition) is 1. The van der Waals surface area contributed by atoms with Crippen molar-refractivity contribution in [3.63, 3.8) is 0 Å². The Labute approximate surface area is 103 Å². The lowest BCUT2D eigenvalue weighted by Gasteiger charge is -2.27. The lowest BCUT2D eigenvalue weighted by atomic mass is 10.1. The Bertz CT molecular complexity index is 372. The van der Waals surface area contributed by atoms with Gasteiger partial charge >= 0.3 is 0 Å². The molecule has 2 rings (SSSR count). The fourth-order valence-electron chi connectivity index (χ4n) is 2.29. The van der Waals surface area contributed by atoms with E-state index < -0.39 is 0 Å². The third-order valence-electron chi connectivity index (χ3n) is 3.54. The van der Waals surface area contributed by atoms with E-state index in [1.54, 1.807) is 0 Å². The Morgan fingerprint density at radius 3 is 2.59 bits per heavy atom. The number of nitrogens with one attached hydrogen (secondary N) is 1. The maximum atomic E-state index is 4.64. The van der Waals surface area contributed by atoms with E-state index in [1.165, 1.54) is 24.8 Å². The number of anilines is 1. The van der Waals surface area contributed by atoms with Crippen LogP contribution in [0.2, 0.25) is 0 Å². The van der Waals surface area contributed by atoms with Gasteiger partial charge in [-0.05, 0) is 40.2 Å². The molecule has 1 aliphatic rings. The molecule has 1 saturated heterocycles. The summed E-state index contributed by atoms with van der Waals surface area (Å²) in [5.74, 6) is 0.897. The summed E-state index contributed by atoms with van der Waals surface area (Å²) in [5.41, 5.74) is 2.27. The first-order chi connectivity index (χ1) is 8.22. The van der Waals surface area contributed by atoms with E-state index in [1.807, 2.05) is 13.2 Å². The molecule has 0 aromatic carbocycles. The van der Waals surface area contributed by atoms with Crippen molar-refractivity contribution in [2.45, 2.75) is 39.2 Å². The molecule has 1 aromatic heterocycles. The summed E-state index contributed by atoms with van der Waals surface area (Å²) in [6, 6.07) is 0.311. The molecule has 17 heavy (non-hydrogen) atoms. The van der Waals surface area contributed by atoms with Gasteiger partial charge in [-0.1, -0.05) is 0 Å². The average molecular weight is 234 g/mol. The zero-order valence-electron chi connectivity index (χ0n) is 11.0. The third-order valence-corrected chi connectivity index (χ3v) is 3.54. The van der Waals surface area contributed by atoms with Crippen LogP contribution in [0.3, 0.4) is 0 Å². The van der Waals surface area contributed by atoms with Gasteiger partial charge in [-0.2, -0.15) is 0 Å². The van der Waals surface area contributed by atoms with Gasteiger partial charge in [-0.25, -0.2) is 9.97 Å². The van der Waals surface area contributed by atoms with Crippen molar-refractivity contribution in [2.75, 3.05) is 25.0 Å². The van der Waals surface area contributed by atoms with Crippen molar-refractivity contribution in [3.8, 4) is 0 Å². The van der Waals surface area contributed by atoms with Crippen molar-refractivity contribution in [3.05, 3.63) is 17.5 Å². The molecule has 0 aliphatic carbocycles. The van der Waals surface area contributed by atoms with Gasteiger partial charge in [-0.3, -0.25) is 0 Å². The van der Waals surface area contributed by atoms with Crippen LogP contribution in [0.15, 0.2) is 6.20 Å². The van der Waals surface area contributed by atoms with Crippen LogP contribution >= 0.6 is 0 Å². The maximum absolute atomic E-state index is 4.64. The summed E-state index contributed by atoms with van der Waals surface area (Å²) in [5, 5.41) is 3.23. The van der Waals surface area contributed by atoms with Crippen LogP contribution in [-0.4, -0.2) is 30.1 Å². The summed E-state index contributed by atoms with van der Waals surface area (Å²) in [4.78, 5) is 11.4. The molecule has 0 amide bonds. The lowest BCUT2D eigenvalue weighted by molar-refractivity contribution is 0.565. The highest BCUT2D eigenvalue weighted by molar-refractivity contribution is 5.34. The normalized spacial score (nSPS) is 18.2. The first-order valence-corrected chi connectivity index (χ1v) is 6.48. The number of hydrogen-bond acceptors (Lipinski definition) is 4. The molecule has 1 atom stereocenters. The minimum Gasteiger partial charge on any atom is -0.341 e. The zero-order valence-corrected chi connectivity index (χ0v) is 11.0. The van der Waals surface area contributed by atoms with Gasteiger partial charge in [0.15, 0.2) is 0 Å². The van der Waals surface area contributed by atoms with Crippen LogP contribution < -0.4 is 10.2 Å². The SMILES string of the molecule is CNC(C)c1cnc(N2CCCCC2)nc1C. The number of rotatable bonds is 3. The summed E-state index contributed by atoms with van der Waals surface area (Å²) in [6.45, 7) is 6.39. The molecule has 1 fully saturated rings. The first kappa shape index (κ1) is 12.3. The second-order valence-electron chi connectivity index (χ2n) is 4.77. The minimum atomic E-state index is 0.311. The number of nitrogens with zero attached hydrogens (tertiary/aromatic N) is 3. The summed E-state index contributed by atoms with van der Waals surface area (Å²) in [6.07, 6.45) is 5.83. The molecule has 1 aliphatic heterocycles. The molecule has 0 saturated carbocycles. The van der Waals surface area contributed by atoms with Crippen molar-refractivity contribution in [2.24, 2.45) is 0 Å². The van der Waals surface area contributed by atoms with Crippen LogP contribution in [0.25, 0.3) is 0 Å². The Morgan fingerprint density at radius 2 is 2.00 bits per heavy atom. The third kappa shape index (κ3) is 2.75. The topological polar surface area (TPSA) is 41.1 Å². The van der Waals surface area contributed by atoms with Crippen molar-refractivity contribution in [1.82, 2.24) is 15.3 Å². The van der Waals surface area contributed by atoms with E-state index in [2.05, 4.69) is 34.0 Å². The van der Waals surface area contributed by atoms with E-state index in [9.17, 15) is 0 Å². The minimum absolute atomic E-state index is 0.311. The Kier molecular flexibility index (Phi) is 3.94. The summed E-state index contributed by atoms with van der Waals surface area (Å²) >= 11 is 0. The predicted molar refractivity (Wildman–Crippen MR) is 70.3 cm³/mol. The maximum Gasteiger partial charge on any atom is 0.225 e. The van der Waals surface area contributed by atoms with E-state index in [4.69, 9.17) is 0 Å². The summed E-state index contributed by atoms with van der Waals surface area (Å²) < 4.78 is 0. The molecular weight excluding hydrogens is 212 g/mol. The lowest BCUT2D eigenvalue weighted by Crippen LogP contribution is -2.31. The number of aromatic nitrogens is 2. The monoisotopic (exact) mass is 234 g/mol. The van der Waals surface area contributed by atoms with Crippen molar-refractivity contribution < 1.29 is 0 Å². The highest BCUT2D eigenvalue weighted by Gasteiger charge is 2.15. The van der Waals surface area contributed by atoms with Gasteiger partial charge in [0.25, 0.3) is 0 Å². The van der Waals surface area contributed by atoms with E-state index in [0.29, 0.717) is 6.04 Å². The van der Waals surface area contributed by atoms with Gasteiger partial charge in [0.05, 0.1) is 0 Å². The first-order valence-electron chi connectivity index (χ1n) is 6.48. The second-order valence-corrected chi connectivity index (χ2v) is 4.77. The quantitative estimate of drug-likeness (QED) is 0.869. The standard InChI is InChI=1S/C13H22N4/c1-10(14-3)12-9-15-13(16-11(12)2)17-7-5-4-6-8-17/h9-10,14H,4-8H2,1-3H3. The van der Waals surface area contributed by atoms with Gasteiger partial charge < -0.3 is 10.2 Å². The Balaban J connectivity index is 2.17. The smallest absolute Gasteiger partial charge is 0.225 e. The summed E-state index contributed by atoms with van der Waals surface area (Å²) in [7, 11) is 1.96. The van der Waals surface area contributed by atoms with Crippen LogP contribution in [0.1, 0.15) is 43.5 Å². The molecule has 4 heteroatoms. The van der Waals surface area contributed by atoms with Crippen LogP contribution in [0.5, 0.6) is 0 Å². The number of piperidine rings is 1. The molecule has 0 radical (unpaired) electrons. The van der Waals surface area contributed by atoms with Gasteiger partial charge in [-0.15, -0.1) is 0 Å². The Morgan fingerprint density at radius 1 is 1.29 bits per heavy atom. The van der Waals surface area contributed by atoms with E-state index in [0.717, 1.165) is 24.7 Å². The molecular formula is C13H22N4. The molecule has 0 spiro atoms. The highest BCUT2D eigenvalue weighted by atomic mass is 15.2. The molecule has 1 N–H and O–H groups in total.